The van der Waals surface area contributed by atoms with Crippen LogP contribution < -0.4 is 23.5 Å². The molecule has 0 aliphatic carbocycles. The van der Waals surface area contributed by atoms with Crippen LogP contribution in [0.25, 0.3) is 12.2 Å². The molecule has 13 heteroatoms. The van der Waals surface area contributed by atoms with Gasteiger partial charge < -0.3 is 33.3 Å². The fourth-order valence-electron chi connectivity index (χ4n) is 2.53. The minimum Gasteiger partial charge on any atom is -0.493 e. The lowest BCUT2D eigenvalue weighted by Crippen LogP contribution is -1.98. The van der Waals surface area contributed by atoms with E-state index in [9.17, 15) is 14.0 Å². The fourth-order valence-corrected chi connectivity index (χ4v) is 4.13. The van der Waals surface area contributed by atoms with Crippen molar-refractivity contribution >= 4 is 27.8 Å². The van der Waals surface area contributed by atoms with E-state index in [1.54, 1.807) is 30.4 Å². The number of hydrogen-bond acceptors (Lipinski definition) is 8. The highest BCUT2D eigenvalue weighted by Gasteiger charge is 2.34. The molecule has 0 aliphatic rings. The van der Waals surface area contributed by atoms with E-state index in [1.807, 2.05) is 0 Å². The Labute approximate surface area is 178 Å². The summed E-state index contributed by atoms with van der Waals surface area (Å²) in [5.74, 6) is 1.14. The molecule has 0 saturated heterocycles. The topological polar surface area (TPSA) is 150 Å². The Bertz CT molecular complexity index is 1020. The summed E-state index contributed by atoms with van der Waals surface area (Å²) in [5, 5.41) is 0. The number of rotatable bonds is 10. The van der Waals surface area contributed by atoms with Crippen molar-refractivity contribution in [2.75, 3.05) is 28.4 Å². The molecule has 0 aliphatic heterocycles. The second kappa shape index (κ2) is 10.2. The first kappa shape index (κ1) is 24.7. The number of benzene rings is 2. The summed E-state index contributed by atoms with van der Waals surface area (Å²) in [7, 11) is -4.62. The second-order valence-electron chi connectivity index (χ2n) is 5.83. The van der Waals surface area contributed by atoms with Crippen LogP contribution in [0.4, 0.5) is 0 Å². The lowest BCUT2D eigenvalue weighted by Gasteiger charge is -2.15. The number of methoxy groups -OCH3 is 4. The molecule has 0 amide bonds. The van der Waals surface area contributed by atoms with Gasteiger partial charge in [-0.3, -0.25) is 4.89 Å². The van der Waals surface area contributed by atoms with Crippen molar-refractivity contribution in [3.8, 4) is 28.7 Å². The first-order valence-electron chi connectivity index (χ1n) is 8.47. The molecule has 31 heavy (non-hydrogen) atoms. The van der Waals surface area contributed by atoms with Crippen molar-refractivity contribution in [2.24, 2.45) is 0 Å². The van der Waals surface area contributed by atoms with Gasteiger partial charge in [0.25, 0.3) is 0 Å². The molecule has 0 spiro atoms. The van der Waals surface area contributed by atoms with Crippen molar-refractivity contribution in [2.45, 2.75) is 0 Å². The van der Waals surface area contributed by atoms with Crippen molar-refractivity contribution in [1.29, 1.82) is 0 Å². The Balaban J connectivity index is 2.36. The van der Waals surface area contributed by atoms with E-state index in [2.05, 4.69) is 4.31 Å². The molecule has 0 heterocycles. The lowest BCUT2D eigenvalue weighted by atomic mass is 10.1. The van der Waals surface area contributed by atoms with Crippen LogP contribution in [0.15, 0.2) is 30.3 Å². The molecule has 1 unspecified atom stereocenters. The van der Waals surface area contributed by atoms with Crippen LogP contribution >= 0.6 is 15.6 Å². The summed E-state index contributed by atoms with van der Waals surface area (Å²) in [6, 6.07) is 7.84. The zero-order valence-corrected chi connectivity index (χ0v) is 18.8. The van der Waals surface area contributed by atoms with Crippen molar-refractivity contribution in [3.05, 3.63) is 41.5 Å². The third-order valence-corrected chi connectivity index (χ3v) is 5.87. The lowest BCUT2D eigenvalue weighted by molar-refractivity contribution is 0.227. The van der Waals surface area contributed by atoms with Gasteiger partial charge in [0.15, 0.2) is 23.0 Å². The van der Waals surface area contributed by atoms with Gasteiger partial charge in [0, 0.05) is 0 Å². The molecule has 0 radical (unpaired) electrons. The largest absolute Gasteiger partial charge is 0.536 e. The third kappa shape index (κ3) is 7.00. The molecule has 0 fully saturated rings. The second-order valence-corrected chi connectivity index (χ2v) is 8.59. The summed E-state index contributed by atoms with van der Waals surface area (Å²) in [6.07, 6.45) is 3.36. The number of ether oxygens (including phenoxy) is 4. The third-order valence-electron chi connectivity index (χ3n) is 3.77. The maximum Gasteiger partial charge on any atom is 0.536 e. The van der Waals surface area contributed by atoms with Crippen LogP contribution in [0.2, 0.25) is 0 Å². The van der Waals surface area contributed by atoms with Crippen molar-refractivity contribution < 1.29 is 51.6 Å². The summed E-state index contributed by atoms with van der Waals surface area (Å²) < 4.78 is 52.2. The van der Waals surface area contributed by atoms with Crippen LogP contribution in [-0.4, -0.2) is 43.1 Å². The van der Waals surface area contributed by atoms with Gasteiger partial charge in [-0.05, 0) is 35.4 Å². The van der Waals surface area contributed by atoms with E-state index in [4.69, 9.17) is 33.3 Å². The molecule has 170 valence electrons. The maximum absolute atomic E-state index is 11.9. The van der Waals surface area contributed by atoms with E-state index in [-0.39, 0.29) is 11.5 Å². The maximum atomic E-state index is 11.9. The highest BCUT2D eigenvalue weighted by Crippen LogP contribution is 2.58. The predicted octanol–water partition coefficient (Wildman–Crippen LogP) is 3.48. The van der Waals surface area contributed by atoms with Crippen LogP contribution in [0.1, 0.15) is 11.1 Å². The standard InChI is InChI=1S/C18H22O11P2/c1-24-14-8-7-12(9-15(14)28-31(22,23)29-30(19,20)21)5-6-13-10-16(25-2)18(27-4)17(11-13)26-3/h5-11H,1-4H3,(H,22,23)(H2,19,20,21)/b6-5-. The van der Waals surface area contributed by atoms with Crippen LogP contribution in [-0.2, 0) is 13.4 Å². The van der Waals surface area contributed by atoms with E-state index < -0.39 is 15.6 Å². The van der Waals surface area contributed by atoms with Gasteiger partial charge in [-0.25, -0.2) is 9.13 Å². The minimum absolute atomic E-state index is 0.0496. The minimum atomic E-state index is -5.26. The summed E-state index contributed by atoms with van der Waals surface area (Å²) in [6.45, 7) is 0. The zero-order valence-electron chi connectivity index (χ0n) is 17.0. The summed E-state index contributed by atoms with van der Waals surface area (Å²) in [5.41, 5.74) is 1.21. The molecular weight excluding hydrogens is 454 g/mol. The molecule has 0 bridgehead atoms. The number of hydrogen-bond donors (Lipinski definition) is 3. The molecule has 2 rings (SSSR count). The van der Waals surface area contributed by atoms with Crippen molar-refractivity contribution in [3.63, 3.8) is 0 Å². The van der Waals surface area contributed by atoms with E-state index in [0.29, 0.717) is 28.4 Å². The van der Waals surface area contributed by atoms with E-state index in [1.165, 1.54) is 40.6 Å². The van der Waals surface area contributed by atoms with Gasteiger partial charge >= 0.3 is 15.6 Å². The number of phosphoric acid groups is 2. The van der Waals surface area contributed by atoms with Gasteiger partial charge in [-0.1, -0.05) is 18.2 Å². The van der Waals surface area contributed by atoms with Crippen LogP contribution in [0.5, 0.6) is 28.7 Å². The fraction of sp³-hybridized carbons (Fsp3) is 0.222. The van der Waals surface area contributed by atoms with Gasteiger partial charge in [0.2, 0.25) is 5.75 Å². The van der Waals surface area contributed by atoms with Crippen LogP contribution in [0, 0.1) is 0 Å². The molecule has 2 aromatic carbocycles. The van der Waals surface area contributed by atoms with Gasteiger partial charge in [-0.15, -0.1) is 0 Å². The predicted molar refractivity (Wildman–Crippen MR) is 112 cm³/mol. The Hall–Kier alpha value is -2.52. The molecule has 0 aromatic heterocycles. The Morgan fingerprint density at radius 1 is 0.710 bits per heavy atom. The van der Waals surface area contributed by atoms with Crippen molar-refractivity contribution in [1.82, 2.24) is 0 Å². The average molecular weight is 476 g/mol. The molecule has 0 saturated carbocycles. The quantitative estimate of drug-likeness (QED) is 0.342. The van der Waals surface area contributed by atoms with Gasteiger partial charge in [0.1, 0.15) is 0 Å². The first-order valence-corrected chi connectivity index (χ1v) is 11.5. The molecule has 1 atom stereocenters. The normalized spacial score (nSPS) is 13.5. The number of phosphoric ester groups is 1. The molecular formula is C18H22O11P2. The van der Waals surface area contributed by atoms with Gasteiger partial charge in [0.05, 0.1) is 28.4 Å². The Morgan fingerprint density at radius 3 is 1.71 bits per heavy atom. The van der Waals surface area contributed by atoms with Crippen LogP contribution in [0.3, 0.4) is 0 Å². The Morgan fingerprint density at radius 2 is 1.23 bits per heavy atom. The monoisotopic (exact) mass is 476 g/mol. The smallest absolute Gasteiger partial charge is 0.493 e. The molecule has 2 aromatic rings. The van der Waals surface area contributed by atoms with Gasteiger partial charge in [-0.2, -0.15) is 4.31 Å². The molecule has 11 nitrogen and oxygen atoms in total. The first-order chi connectivity index (χ1) is 14.5. The zero-order chi connectivity index (χ0) is 23.2. The summed E-state index contributed by atoms with van der Waals surface area (Å²) >= 11 is 0. The Kier molecular flexibility index (Phi) is 8.14. The average Bonchev–Trinajstić information content (AvgIpc) is 2.69. The highest BCUT2D eigenvalue weighted by atomic mass is 31.3. The van der Waals surface area contributed by atoms with E-state index in [0.717, 1.165) is 0 Å². The molecule has 3 N–H and O–H groups in total. The van der Waals surface area contributed by atoms with E-state index >= 15 is 0 Å². The SMILES string of the molecule is COc1ccc(/C=C\c2cc(OC)c(OC)c(OC)c2)cc1OP(=O)(O)OP(=O)(O)O. The summed E-state index contributed by atoms with van der Waals surface area (Å²) in [4.78, 5) is 27.1. The highest BCUT2D eigenvalue weighted by molar-refractivity contribution is 7.60.